The topological polar surface area (TPSA) is 85.3 Å². The number of nitro groups is 1. The molecule has 1 N–H and O–H groups in total. The van der Waals surface area contributed by atoms with Crippen LogP contribution in [0.3, 0.4) is 0 Å². The lowest BCUT2D eigenvalue weighted by molar-refractivity contribution is -0.384. The number of hydrazone groups is 1. The summed E-state index contributed by atoms with van der Waals surface area (Å²) in [6.07, 6.45) is 3.09. The van der Waals surface area contributed by atoms with Crippen LogP contribution in [0.5, 0.6) is 0 Å². The molecule has 8 heteroatoms. The molecule has 0 aliphatic carbocycles. The van der Waals surface area contributed by atoms with E-state index in [1.807, 2.05) is 44.2 Å². The van der Waals surface area contributed by atoms with Crippen molar-refractivity contribution in [2.24, 2.45) is 5.10 Å². The molecule has 0 aliphatic rings. The largest absolute Gasteiger partial charge is 0.318 e. The van der Waals surface area contributed by atoms with Gasteiger partial charge in [0.2, 0.25) is 5.82 Å². The number of nitrogens with one attached hydrogen (secondary N) is 1. The Hall–Kier alpha value is -3.19. The van der Waals surface area contributed by atoms with Crippen LogP contribution in [-0.2, 0) is 0 Å². The molecule has 0 saturated heterocycles. The molecule has 26 heavy (non-hydrogen) atoms. The van der Waals surface area contributed by atoms with E-state index in [4.69, 9.17) is 11.6 Å². The minimum Gasteiger partial charge on any atom is -0.318 e. The number of pyridine rings is 1. The summed E-state index contributed by atoms with van der Waals surface area (Å²) >= 11 is 5.95. The summed E-state index contributed by atoms with van der Waals surface area (Å²) < 4.78 is 2.08. The van der Waals surface area contributed by atoms with Gasteiger partial charge in [-0.05, 0) is 50.2 Å². The number of aryl methyl sites for hydroxylation is 1. The number of rotatable bonds is 5. The minimum absolute atomic E-state index is 0.0975. The van der Waals surface area contributed by atoms with Crippen LogP contribution < -0.4 is 5.43 Å². The van der Waals surface area contributed by atoms with Gasteiger partial charge in [-0.15, -0.1) is 0 Å². The van der Waals surface area contributed by atoms with Gasteiger partial charge < -0.3 is 4.57 Å². The second-order valence-electron chi connectivity index (χ2n) is 5.64. The van der Waals surface area contributed by atoms with Crippen LogP contribution in [0, 0.1) is 24.0 Å². The summed E-state index contributed by atoms with van der Waals surface area (Å²) in [7, 11) is 0. The normalized spacial score (nSPS) is 11.0. The van der Waals surface area contributed by atoms with E-state index in [-0.39, 0.29) is 11.5 Å². The molecule has 0 unspecified atom stereocenters. The van der Waals surface area contributed by atoms with Crippen molar-refractivity contribution >= 4 is 29.3 Å². The minimum atomic E-state index is -0.503. The van der Waals surface area contributed by atoms with Gasteiger partial charge in [0.1, 0.15) is 0 Å². The Kier molecular flexibility index (Phi) is 4.99. The highest BCUT2D eigenvalue weighted by Crippen LogP contribution is 2.22. The van der Waals surface area contributed by atoms with Gasteiger partial charge in [-0.2, -0.15) is 5.10 Å². The Labute approximate surface area is 155 Å². The molecule has 0 saturated carbocycles. The number of hydrogen-bond acceptors (Lipinski definition) is 5. The summed E-state index contributed by atoms with van der Waals surface area (Å²) in [6.45, 7) is 3.97. The van der Waals surface area contributed by atoms with E-state index in [0.717, 1.165) is 22.6 Å². The number of hydrogen-bond donors (Lipinski definition) is 1. The zero-order valence-corrected chi connectivity index (χ0v) is 14.9. The van der Waals surface area contributed by atoms with Crippen LogP contribution in [-0.4, -0.2) is 20.7 Å². The fraction of sp³-hybridized carbons (Fsp3) is 0.111. The van der Waals surface area contributed by atoms with E-state index >= 15 is 0 Å². The number of anilines is 1. The van der Waals surface area contributed by atoms with Crippen molar-refractivity contribution in [1.29, 1.82) is 0 Å². The number of benzene rings is 1. The standard InChI is InChI=1S/C18H16ClN5O2/c1-12-10-14(13(2)23(12)16-7-5-15(19)6-8-16)11-21-22-18-17(24(25)26)4-3-9-20-18/h3-11H,1-2H3,(H,20,22)/b21-11+. The lowest BCUT2D eigenvalue weighted by atomic mass is 10.2. The van der Waals surface area contributed by atoms with Gasteiger partial charge in [-0.25, -0.2) is 4.98 Å². The molecule has 0 amide bonds. The molecule has 0 radical (unpaired) electrons. The molecule has 2 heterocycles. The van der Waals surface area contributed by atoms with E-state index < -0.39 is 4.92 Å². The first-order chi connectivity index (χ1) is 12.5. The second kappa shape index (κ2) is 7.37. The van der Waals surface area contributed by atoms with Crippen molar-refractivity contribution in [3.05, 3.63) is 80.7 Å². The fourth-order valence-corrected chi connectivity index (χ4v) is 2.83. The maximum atomic E-state index is 11.0. The summed E-state index contributed by atoms with van der Waals surface area (Å²) in [6, 6.07) is 12.4. The summed E-state index contributed by atoms with van der Waals surface area (Å²) in [5.41, 5.74) is 6.43. The van der Waals surface area contributed by atoms with E-state index in [0.29, 0.717) is 5.02 Å². The van der Waals surface area contributed by atoms with Crippen LogP contribution >= 0.6 is 11.6 Å². The number of aromatic nitrogens is 2. The van der Waals surface area contributed by atoms with Gasteiger partial charge in [0.05, 0.1) is 11.1 Å². The Morgan fingerprint density at radius 1 is 1.27 bits per heavy atom. The molecular formula is C18H16ClN5O2. The van der Waals surface area contributed by atoms with Crippen molar-refractivity contribution in [2.75, 3.05) is 5.43 Å². The molecule has 2 aromatic heterocycles. The molecule has 132 valence electrons. The molecule has 1 aromatic carbocycles. The van der Waals surface area contributed by atoms with Gasteiger partial charge in [0.25, 0.3) is 0 Å². The molecule has 0 atom stereocenters. The molecular weight excluding hydrogens is 354 g/mol. The molecule has 0 bridgehead atoms. The highest BCUT2D eigenvalue weighted by Gasteiger charge is 2.13. The lowest BCUT2D eigenvalue weighted by Gasteiger charge is -2.09. The molecule has 3 rings (SSSR count). The van der Waals surface area contributed by atoms with E-state index in [1.165, 1.54) is 18.3 Å². The zero-order valence-electron chi connectivity index (χ0n) is 14.2. The van der Waals surface area contributed by atoms with Gasteiger partial charge in [0.15, 0.2) is 0 Å². The van der Waals surface area contributed by atoms with Crippen LogP contribution in [0.1, 0.15) is 17.0 Å². The molecule has 0 fully saturated rings. The zero-order chi connectivity index (χ0) is 18.7. The van der Waals surface area contributed by atoms with E-state index in [2.05, 4.69) is 20.1 Å². The molecule has 7 nitrogen and oxygen atoms in total. The number of nitrogens with zero attached hydrogens (tertiary/aromatic N) is 4. The molecule has 0 spiro atoms. The monoisotopic (exact) mass is 369 g/mol. The number of halogens is 1. The first kappa shape index (κ1) is 17.6. The summed E-state index contributed by atoms with van der Waals surface area (Å²) in [5, 5.41) is 15.8. The Bertz CT molecular complexity index is 980. The van der Waals surface area contributed by atoms with Gasteiger partial charge in [-0.1, -0.05) is 11.6 Å². The summed E-state index contributed by atoms with van der Waals surface area (Å²) in [5.74, 6) is 0.0975. The smallest absolute Gasteiger partial charge is 0.313 e. The van der Waals surface area contributed by atoms with Crippen molar-refractivity contribution in [3.63, 3.8) is 0 Å². The van der Waals surface area contributed by atoms with Crippen LogP contribution in [0.15, 0.2) is 53.8 Å². The third kappa shape index (κ3) is 3.57. The Balaban J connectivity index is 1.85. The third-order valence-electron chi connectivity index (χ3n) is 3.91. The average molecular weight is 370 g/mol. The SMILES string of the molecule is Cc1cc(/C=N/Nc2ncccc2[N+](=O)[O-])c(C)n1-c1ccc(Cl)cc1. The predicted octanol–water partition coefficient (Wildman–Crippen LogP) is 4.50. The van der Waals surface area contributed by atoms with E-state index in [1.54, 1.807) is 6.21 Å². The maximum absolute atomic E-state index is 11.0. The van der Waals surface area contributed by atoms with Crippen molar-refractivity contribution in [3.8, 4) is 5.69 Å². The highest BCUT2D eigenvalue weighted by atomic mass is 35.5. The average Bonchev–Trinajstić information content (AvgIpc) is 2.90. The highest BCUT2D eigenvalue weighted by molar-refractivity contribution is 6.30. The van der Waals surface area contributed by atoms with Gasteiger partial charge in [-0.3, -0.25) is 15.5 Å². The van der Waals surface area contributed by atoms with Crippen molar-refractivity contribution in [2.45, 2.75) is 13.8 Å². The summed E-state index contributed by atoms with van der Waals surface area (Å²) in [4.78, 5) is 14.4. The lowest BCUT2D eigenvalue weighted by Crippen LogP contribution is -2.00. The first-order valence-corrected chi connectivity index (χ1v) is 8.18. The van der Waals surface area contributed by atoms with Crippen molar-refractivity contribution in [1.82, 2.24) is 9.55 Å². The molecule has 3 aromatic rings. The van der Waals surface area contributed by atoms with Gasteiger partial charge in [0, 0.05) is 39.9 Å². The second-order valence-corrected chi connectivity index (χ2v) is 6.07. The van der Waals surface area contributed by atoms with Crippen LogP contribution in [0.4, 0.5) is 11.5 Å². The fourth-order valence-electron chi connectivity index (χ4n) is 2.70. The Morgan fingerprint density at radius 3 is 2.69 bits per heavy atom. The molecule has 0 aliphatic heterocycles. The van der Waals surface area contributed by atoms with Gasteiger partial charge >= 0.3 is 5.69 Å². The predicted molar refractivity (Wildman–Crippen MR) is 102 cm³/mol. The van der Waals surface area contributed by atoms with Crippen LogP contribution in [0.25, 0.3) is 5.69 Å². The quantitative estimate of drug-likeness (QED) is 0.407. The first-order valence-electron chi connectivity index (χ1n) is 7.80. The van der Waals surface area contributed by atoms with Crippen molar-refractivity contribution < 1.29 is 4.92 Å². The Morgan fingerprint density at radius 2 is 2.00 bits per heavy atom. The maximum Gasteiger partial charge on any atom is 0.313 e. The van der Waals surface area contributed by atoms with E-state index in [9.17, 15) is 10.1 Å². The van der Waals surface area contributed by atoms with Crippen LogP contribution in [0.2, 0.25) is 5.02 Å². The third-order valence-corrected chi connectivity index (χ3v) is 4.16.